The van der Waals surface area contributed by atoms with Crippen molar-refractivity contribution >= 4 is 62.3 Å². The highest BCUT2D eigenvalue weighted by Gasteiger charge is 2.69. The van der Waals surface area contributed by atoms with Gasteiger partial charge in [0.05, 0.1) is 38.0 Å². The first kappa shape index (κ1) is 52.5. The zero-order valence-corrected chi connectivity index (χ0v) is 35.0. The molecule has 5 radical (unpaired) electrons. The van der Waals surface area contributed by atoms with Gasteiger partial charge >= 0.3 is 12.4 Å². The van der Waals surface area contributed by atoms with Gasteiger partial charge < -0.3 is 11.1 Å². The molecule has 6 rings (SSSR count). The highest BCUT2D eigenvalue weighted by molar-refractivity contribution is 8.13. The van der Waals surface area contributed by atoms with Gasteiger partial charge in [-0.1, -0.05) is 24.3 Å². The smallest absolute Gasteiger partial charge is 0.317 e. The molecule has 0 amide bonds. The van der Waals surface area contributed by atoms with E-state index >= 15 is 0 Å². The highest BCUT2D eigenvalue weighted by atomic mass is 35.7. The van der Waals surface area contributed by atoms with Crippen molar-refractivity contribution in [3.63, 3.8) is 0 Å². The van der Waals surface area contributed by atoms with Crippen LogP contribution in [0, 0.1) is 22.7 Å². The Morgan fingerprint density at radius 2 is 0.983 bits per heavy atom. The van der Waals surface area contributed by atoms with Crippen LogP contribution in [0.25, 0.3) is 0 Å². The van der Waals surface area contributed by atoms with Crippen LogP contribution in [-0.2, 0) is 34.6 Å². The van der Waals surface area contributed by atoms with Crippen LogP contribution < -0.4 is 11.1 Å². The summed E-state index contributed by atoms with van der Waals surface area (Å²) in [7, 11) is 3.78. The maximum Gasteiger partial charge on any atom is 0.419 e. The Bertz CT molecular complexity index is 2260. The minimum Gasteiger partial charge on any atom is -0.317 e. The number of rotatable bonds is 6. The lowest BCUT2D eigenvalue weighted by atomic mass is 9.40. The molecule has 12 nitrogen and oxygen atoms in total. The molecule has 0 aliphatic carbocycles. The van der Waals surface area contributed by atoms with Crippen LogP contribution in [0.3, 0.4) is 0 Å². The van der Waals surface area contributed by atoms with Crippen molar-refractivity contribution in [1.29, 1.82) is 10.5 Å². The van der Waals surface area contributed by atoms with E-state index in [4.69, 9.17) is 21.2 Å². The van der Waals surface area contributed by atoms with Crippen molar-refractivity contribution in [2.45, 2.75) is 71.1 Å². The lowest BCUT2D eigenvalue weighted by molar-refractivity contribution is -0.301. The third kappa shape index (κ3) is 14.5. The lowest BCUT2D eigenvalue weighted by Gasteiger charge is -2.34. The highest BCUT2D eigenvalue weighted by Crippen LogP contribution is 2.48. The summed E-state index contributed by atoms with van der Waals surface area (Å²) in [5, 5.41) is 20.4. The van der Waals surface area contributed by atoms with Gasteiger partial charge in [0.25, 0.3) is 9.05 Å². The fourth-order valence-electron chi connectivity index (χ4n) is 5.61. The van der Waals surface area contributed by atoms with Crippen LogP contribution in [0.4, 0.5) is 26.3 Å². The Kier molecular flexibility index (Phi) is 20.1. The predicted molar refractivity (Wildman–Crippen MR) is 215 cm³/mol. The normalized spacial score (nSPS) is 16.2. The van der Waals surface area contributed by atoms with Crippen molar-refractivity contribution in [2.75, 3.05) is 39.3 Å². The fraction of sp³-hybridized carbons (Fsp3) is 0.429. The molecule has 3 fully saturated rings. The molecule has 3 N–H and O–H groups in total. The summed E-state index contributed by atoms with van der Waals surface area (Å²) in [5.41, 5.74) is -0.698. The molecule has 3 saturated heterocycles. The number of sulfonamides is 2. The van der Waals surface area contributed by atoms with E-state index in [9.17, 15) is 51.6 Å². The number of benzene rings is 3. The number of nitrogens with one attached hydrogen (secondary N) is 1. The van der Waals surface area contributed by atoms with Gasteiger partial charge in [-0.25, -0.2) is 25.3 Å². The van der Waals surface area contributed by atoms with Gasteiger partial charge in [-0.3, -0.25) is 0 Å². The Balaban J connectivity index is 0.000000296. The van der Waals surface area contributed by atoms with Gasteiger partial charge in [0.1, 0.15) is 0 Å². The zero-order chi connectivity index (χ0) is 45.4. The van der Waals surface area contributed by atoms with Crippen molar-refractivity contribution in [2.24, 2.45) is 5.73 Å². The van der Waals surface area contributed by atoms with E-state index in [0.29, 0.717) is 43.6 Å². The maximum atomic E-state index is 13.0. The molecule has 3 aromatic rings. The first-order valence-corrected chi connectivity index (χ1v) is 23.0. The summed E-state index contributed by atoms with van der Waals surface area (Å²) in [6.07, 6.45) is -5.94. The van der Waals surface area contributed by atoms with Gasteiger partial charge in [0, 0.05) is 59.4 Å². The van der Waals surface area contributed by atoms with Crippen molar-refractivity contribution in [3.8, 4) is 12.1 Å². The van der Waals surface area contributed by atoms with Gasteiger partial charge in [-0.2, -0.15) is 45.5 Å². The second-order valence-corrected chi connectivity index (χ2v) is 19.4. The van der Waals surface area contributed by atoms with Crippen LogP contribution in [0.5, 0.6) is 0 Å². The number of hydrogen-bond donors (Lipinski definition) is 2. The van der Waals surface area contributed by atoms with E-state index in [-0.39, 0.29) is 28.4 Å². The summed E-state index contributed by atoms with van der Waals surface area (Å²) in [6, 6.07) is 18.1. The van der Waals surface area contributed by atoms with Crippen molar-refractivity contribution in [1.82, 2.24) is 13.9 Å². The Morgan fingerprint density at radius 1 is 0.633 bits per heavy atom. The van der Waals surface area contributed by atoms with Gasteiger partial charge in [-0.05, 0) is 106 Å². The molecule has 3 aliphatic rings. The topological polar surface area (TPSA) is 195 Å². The number of nitrogens with two attached hydrogens (primary N) is 1. The van der Waals surface area contributed by atoms with E-state index in [0.717, 1.165) is 36.3 Å². The Hall–Kier alpha value is -3.61. The summed E-state index contributed by atoms with van der Waals surface area (Å²) >= 11 is 0. The predicted octanol–water partition coefficient (Wildman–Crippen LogP) is 4.81. The molecule has 3 heterocycles. The van der Waals surface area contributed by atoms with Crippen LogP contribution in [0.15, 0.2) is 87.5 Å². The first-order chi connectivity index (χ1) is 27.9. The summed E-state index contributed by atoms with van der Waals surface area (Å²) in [6.45, 7) is 4.00. The third-order valence-electron chi connectivity index (χ3n) is 8.75. The Morgan fingerprint density at radius 3 is 1.32 bits per heavy atom. The van der Waals surface area contributed by atoms with Crippen LogP contribution in [0.1, 0.15) is 55.2 Å². The molecule has 0 aromatic heterocycles. The molecule has 0 atom stereocenters. The monoisotopic (exact) mass is 917 g/mol. The van der Waals surface area contributed by atoms with E-state index in [1.165, 1.54) is 66.6 Å². The molecule has 0 spiro atoms. The van der Waals surface area contributed by atoms with Crippen molar-refractivity contribution in [3.05, 3.63) is 89.5 Å². The summed E-state index contributed by atoms with van der Waals surface area (Å²) < 4.78 is 151. The number of nitrogens with zero attached hydrogens (tertiary/aromatic N) is 4. The first-order valence-electron chi connectivity index (χ1n) is 17.9. The van der Waals surface area contributed by atoms with E-state index in [1.807, 2.05) is 12.1 Å². The average molecular weight is 918 g/mol. The van der Waals surface area contributed by atoms with Crippen LogP contribution >= 0.6 is 10.7 Å². The number of alkyl halides is 6. The minimum atomic E-state index is -5.85. The Labute approximate surface area is 354 Å². The standard InChI is InChI=1S/C13H14F6N2O2S.C11H12N2O2S.C7H4ClNO2S.C4H9N.B3/c14-12(15,16)11(20,13(17,18)19)9-4-3-5-10(8-9)24(22,23)21-6-1-2-7-21;12-9-10-4-3-5-11(8-10)16(14,15)13-6-1-2-7-13;8-12(10,11)7-3-1-2-6(4-7)5-9;1-2-4-5-3-1;1-3-2/h3-5,8H,1-2,6-7,20H2;3-5,8H,1-2,6-7H2;1-4H;5H,1-4H2;. The van der Waals surface area contributed by atoms with Gasteiger partial charge in [-0.15, -0.1) is 0 Å². The molecule has 0 unspecified atom stereocenters. The molecule has 60 heavy (non-hydrogen) atoms. The molecular weight excluding hydrogens is 878 g/mol. The second kappa shape index (κ2) is 23.0. The van der Waals surface area contributed by atoms with E-state index in [2.05, 4.69) is 26.5 Å². The summed E-state index contributed by atoms with van der Waals surface area (Å²) in [5.74, 6) is 0. The molecule has 321 valence electrons. The lowest BCUT2D eigenvalue weighted by Crippen LogP contribution is -2.60. The molecule has 0 bridgehead atoms. The molecule has 25 heteroatoms. The number of halogens is 7. The molecule has 0 saturated carbocycles. The van der Waals surface area contributed by atoms with E-state index in [1.54, 1.807) is 12.1 Å². The number of hydrogen-bond acceptors (Lipinski definition) is 10. The van der Waals surface area contributed by atoms with Gasteiger partial charge in [0.15, 0.2) is 0 Å². The van der Waals surface area contributed by atoms with Crippen molar-refractivity contribution < 1.29 is 51.6 Å². The molecular formula is C35H39B3ClF6N6O6S3. The quantitative estimate of drug-likeness (QED) is 0.197. The largest absolute Gasteiger partial charge is 0.419 e. The molecule has 3 aliphatic heterocycles. The fourth-order valence-corrected chi connectivity index (χ4v) is 9.54. The molecule has 3 aromatic carbocycles. The number of nitriles is 2. The maximum absolute atomic E-state index is 13.0. The van der Waals surface area contributed by atoms with Gasteiger partial charge in [0.2, 0.25) is 25.6 Å². The van der Waals surface area contributed by atoms with Crippen LogP contribution in [0.2, 0.25) is 0 Å². The minimum absolute atomic E-state index is 0.0526. The SMILES string of the molecule is C1CCNC1.N#Cc1cccc(S(=O)(=O)Cl)c1.N#Cc1cccc(S(=O)(=O)N2CCCC2)c1.NC(c1cccc(S(=O)(=O)N2CCCC2)c1)(C(F)(F)F)C(F)(F)F.[B][B][B]. The van der Waals surface area contributed by atoms with Crippen LogP contribution in [-0.4, -0.2) is 108 Å². The van der Waals surface area contributed by atoms with E-state index < -0.39 is 57.4 Å². The third-order valence-corrected chi connectivity index (χ3v) is 13.9. The zero-order valence-electron chi connectivity index (χ0n) is 31.8. The average Bonchev–Trinajstić information content (AvgIpc) is 4.04. The second-order valence-electron chi connectivity index (χ2n) is 12.9. The summed E-state index contributed by atoms with van der Waals surface area (Å²) in [4.78, 5) is -0.484.